The van der Waals surface area contributed by atoms with Crippen LogP contribution in [0.3, 0.4) is 0 Å². The molecule has 0 amide bonds. The molecular weight excluding hydrogens is 316 g/mol. The van der Waals surface area contributed by atoms with Gasteiger partial charge in [0.25, 0.3) is 0 Å². The van der Waals surface area contributed by atoms with Crippen molar-refractivity contribution in [2.24, 2.45) is 0 Å². The molecule has 0 aliphatic carbocycles. The molecule has 0 fully saturated rings. The molecule has 0 radical (unpaired) electrons. The lowest BCUT2D eigenvalue weighted by molar-refractivity contribution is 1.28. The van der Waals surface area contributed by atoms with Gasteiger partial charge in [-0.15, -0.1) is 0 Å². The van der Waals surface area contributed by atoms with Crippen LogP contribution in [-0.2, 0) is 0 Å². The van der Waals surface area contributed by atoms with Crippen molar-refractivity contribution in [3.63, 3.8) is 0 Å². The lowest BCUT2D eigenvalue weighted by Gasteiger charge is -2.09. The maximum atomic E-state index is 4.78. The summed E-state index contributed by atoms with van der Waals surface area (Å²) in [6.07, 6.45) is 1.80. The first-order valence-electron chi connectivity index (χ1n) is 8.69. The van der Waals surface area contributed by atoms with E-state index in [9.17, 15) is 0 Å². The van der Waals surface area contributed by atoms with E-state index in [4.69, 9.17) is 4.98 Å². The Morgan fingerprint density at radius 1 is 0.577 bits per heavy atom. The van der Waals surface area contributed by atoms with Crippen LogP contribution in [0.2, 0.25) is 0 Å². The number of fused-ring (bicyclic) bond motifs is 2. The average molecular weight is 332 g/mol. The monoisotopic (exact) mass is 332 g/mol. The van der Waals surface area contributed by atoms with E-state index in [1.54, 1.807) is 6.20 Å². The van der Waals surface area contributed by atoms with Gasteiger partial charge in [-0.1, -0.05) is 60.7 Å². The zero-order valence-corrected chi connectivity index (χ0v) is 14.1. The third-order valence-electron chi connectivity index (χ3n) is 4.72. The summed E-state index contributed by atoms with van der Waals surface area (Å²) in [5.41, 5.74) is 5.24. The molecule has 0 saturated carbocycles. The first-order chi connectivity index (χ1) is 12.9. The van der Waals surface area contributed by atoms with E-state index in [-0.39, 0.29) is 0 Å². The predicted molar refractivity (Wildman–Crippen MR) is 108 cm³/mol. The summed E-state index contributed by atoms with van der Waals surface area (Å²) in [4.78, 5) is 9.17. The van der Waals surface area contributed by atoms with Crippen molar-refractivity contribution in [2.75, 3.05) is 0 Å². The van der Waals surface area contributed by atoms with Crippen molar-refractivity contribution in [2.45, 2.75) is 0 Å². The zero-order valence-electron chi connectivity index (χ0n) is 14.1. The molecule has 2 heteroatoms. The van der Waals surface area contributed by atoms with Crippen LogP contribution in [0, 0.1) is 0 Å². The van der Waals surface area contributed by atoms with Crippen LogP contribution in [0.15, 0.2) is 97.2 Å². The molecule has 0 bridgehead atoms. The Labute approximate surface area is 151 Å². The molecule has 2 nitrogen and oxygen atoms in total. The second kappa shape index (κ2) is 6.08. The highest BCUT2D eigenvalue weighted by Gasteiger charge is 2.06. The SMILES string of the molecule is c1ccc(-c2ccc3cc(-c4cccc5ccccc45)ccc3n2)nc1. The molecule has 0 aliphatic heterocycles. The van der Waals surface area contributed by atoms with Gasteiger partial charge in [0.05, 0.1) is 16.9 Å². The summed E-state index contributed by atoms with van der Waals surface area (Å²) in [5, 5.41) is 3.66. The smallest absolute Gasteiger partial charge is 0.0893 e. The van der Waals surface area contributed by atoms with Crippen molar-refractivity contribution in [1.82, 2.24) is 9.97 Å². The second-order valence-electron chi connectivity index (χ2n) is 6.35. The van der Waals surface area contributed by atoms with Gasteiger partial charge in [-0.25, -0.2) is 4.98 Å². The van der Waals surface area contributed by atoms with Gasteiger partial charge >= 0.3 is 0 Å². The third-order valence-corrected chi connectivity index (χ3v) is 4.72. The lowest BCUT2D eigenvalue weighted by atomic mass is 9.97. The van der Waals surface area contributed by atoms with Crippen LogP contribution in [-0.4, -0.2) is 9.97 Å². The minimum Gasteiger partial charge on any atom is -0.255 e. The minimum absolute atomic E-state index is 0.896. The second-order valence-corrected chi connectivity index (χ2v) is 6.35. The third kappa shape index (κ3) is 2.52. The maximum absolute atomic E-state index is 4.78. The van der Waals surface area contributed by atoms with E-state index in [0.717, 1.165) is 22.3 Å². The number of aromatic nitrogens is 2. The first kappa shape index (κ1) is 14.8. The average Bonchev–Trinajstić information content (AvgIpc) is 2.73. The highest BCUT2D eigenvalue weighted by molar-refractivity contribution is 5.98. The normalized spacial score (nSPS) is 11.1. The highest BCUT2D eigenvalue weighted by atomic mass is 14.8. The first-order valence-corrected chi connectivity index (χ1v) is 8.69. The van der Waals surface area contributed by atoms with E-state index >= 15 is 0 Å². The Balaban J connectivity index is 1.64. The molecule has 0 N–H and O–H groups in total. The molecule has 26 heavy (non-hydrogen) atoms. The fourth-order valence-corrected chi connectivity index (χ4v) is 3.43. The Kier molecular flexibility index (Phi) is 3.46. The van der Waals surface area contributed by atoms with E-state index in [0.29, 0.717) is 0 Å². The summed E-state index contributed by atoms with van der Waals surface area (Å²) in [6.45, 7) is 0. The van der Waals surface area contributed by atoms with Gasteiger partial charge in [-0.05, 0) is 52.2 Å². The van der Waals surface area contributed by atoms with E-state index < -0.39 is 0 Å². The van der Waals surface area contributed by atoms with Crippen LogP contribution in [0.4, 0.5) is 0 Å². The Morgan fingerprint density at radius 3 is 2.38 bits per heavy atom. The molecule has 2 heterocycles. The summed E-state index contributed by atoms with van der Waals surface area (Å²) in [7, 11) is 0. The van der Waals surface area contributed by atoms with Crippen LogP contribution >= 0.6 is 0 Å². The summed E-state index contributed by atoms with van der Waals surface area (Å²) >= 11 is 0. The Bertz CT molecular complexity index is 1220. The molecule has 0 unspecified atom stereocenters. The van der Waals surface area contributed by atoms with Crippen molar-refractivity contribution in [3.8, 4) is 22.5 Å². The van der Waals surface area contributed by atoms with Crippen LogP contribution in [0.1, 0.15) is 0 Å². The van der Waals surface area contributed by atoms with Gasteiger partial charge in [0, 0.05) is 11.6 Å². The Morgan fingerprint density at radius 2 is 1.46 bits per heavy atom. The number of hydrogen-bond acceptors (Lipinski definition) is 2. The van der Waals surface area contributed by atoms with Crippen LogP contribution in [0.5, 0.6) is 0 Å². The number of rotatable bonds is 2. The van der Waals surface area contributed by atoms with Crippen molar-refractivity contribution in [3.05, 3.63) is 97.2 Å². The quantitative estimate of drug-likeness (QED) is 0.389. The summed E-state index contributed by atoms with van der Waals surface area (Å²) in [6, 6.07) is 31.5. The molecule has 0 spiro atoms. The Hall–Kier alpha value is -3.52. The largest absolute Gasteiger partial charge is 0.255 e. The fraction of sp³-hybridized carbons (Fsp3) is 0. The molecule has 5 aromatic rings. The van der Waals surface area contributed by atoms with Crippen molar-refractivity contribution >= 4 is 21.7 Å². The van der Waals surface area contributed by atoms with E-state index in [2.05, 4.69) is 71.7 Å². The van der Waals surface area contributed by atoms with Gasteiger partial charge in [-0.2, -0.15) is 0 Å². The molecule has 5 rings (SSSR count). The molecule has 3 aromatic carbocycles. The molecular formula is C24H16N2. The summed E-state index contributed by atoms with van der Waals surface area (Å²) in [5.74, 6) is 0. The lowest BCUT2D eigenvalue weighted by Crippen LogP contribution is -1.88. The molecule has 2 aromatic heterocycles. The highest BCUT2D eigenvalue weighted by Crippen LogP contribution is 2.31. The van der Waals surface area contributed by atoms with Crippen molar-refractivity contribution < 1.29 is 0 Å². The number of benzene rings is 3. The molecule has 0 aliphatic rings. The van der Waals surface area contributed by atoms with Gasteiger partial charge in [-0.3, -0.25) is 4.98 Å². The number of pyridine rings is 2. The van der Waals surface area contributed by atoms with Gasteiger partial charge in [0.1, 0.15) is 0 Å². The fourth-order valence-electron chi connectivity index (χ4n) is 3.43. The minimum atomic E-state index is 0.896. The molecule has 0 atom stereocenters. The van der Waals surface area contributed by atoms with E-state index in [1.165, 1.54) is 21.9 Å². The zero-order chi connectivity index (χ0) is 17.3. The number of nitrogens with zero attached hydrogens (tertiary/aromatic N) is 2. The van der Waals surface area contributed by atoms with E-state index in [1.807, 2.05) is 24.3 Å². The maximum Gasteiger partial charge on any atom is 0.0893 e. The predicted octanol–water partition coefficient (Wildman–Crippen LogP) is 6.12. The van der Waals surface area contributed by atoms with Crippen LogP contribution < -0.4 is 0 Å². The van der Waals surface area contributed by atoms with Crippen LogP contribution in [0.25, 0.3) is 44.2 Å². The van der Waals surface area contributed by atoms with Gasteiger partial charge in [0.2, 0.25) is 0 Å². The summed E-state index contributed by atoms with van der Waals surface area (Å²) < 4.78 is 0. The van der Waals surface area contributed by atoms with Gasteiger partial charge < -0.3 is 0 Å². The van der Waals surface area contributed by atoms with Crippen molar-refractivity contribution in [1.29, 1.82) is 0 Å². The molecule has 122 valence electrons. The standard InChI is InChI=1S/C24H16N2/c1-2-8-20-17(6-1)7-5-9-21(20)18-11-13-22-19(16-18)12-14-24(26-22)23-10-3-4-15-25-23/h1-16H. The van der Waals surface area contributed by atoms with Gasteiger partial charge in [0.15, 0.2) is 0 Å². The number of hydrogen-bond donors (Lipinski definition) is 0. The molecule has 0 saturated heterocycles. The topological polar surface area (TPSA) is 25.8 Å².